The molecule has 1 unspecified atom stereocenters. The Morgan fingerprint density at radius 2 is 1.62 bits per heavy atom. The second-order valence-electron chi connectivity index (χ2n) is 9.60. The van der Waals surface area contributed by atoms with Crippen LogP contribution in [0.4, 0.5) is 24.5 Å². The predicted molar refractivity (Wildman–Crippen MR) is 176 cm³/mol. The highest BCUT2D eigenvalue weighted by Gasteiger charge is 2.34. The van der Waals surface area contributed by atoms with Crippen LogP contribution in [-0.4, -0.2) is 23.0 Å². The van der Waals surface area contributed by atoms with E-state index in [-0.39, 0.29) is 16.4 Å². The second-order valence-corrected chi connectivity index (χ2v) is 12.2. The van der Waals surface area contributed by atoms with E-state index < -0.39 is 34.7 Å². The van der Waals surface area contributed by atoms with Crippen molar-refractivity contribution in [3.8, 4) is 0 Å². The van der Waals surface area contributed by atoms with E-state index in [0.29, 0.717) is 28.1 Å². The zero-order valence-corrected chi connectivity index (χ0v) is 26.8. The largest absolute Gasteiger partial charge is 0.418 e. The van der Waals surface area contributed by atoms with Gasteiger partial charge in [0.25, 0.3) is 11.8 Å². The van der Waals surface area contributed by atoms with Gasteiger partial charge in [-0.25, -0.2) is 0 Å². The molecule has 0 bridgehead atoms. The van der Waals surface area contributed by atoms with Gasteiger partial charge in [-0.3, -0.25) is 14.4 Å². The Hall–Kier alpha value is -4.06. The minimum Gasteiger partial charge on any atom is -0.325 e. The van der Waals surface area contributed by atoms with Crippen molar-refractivity contribution in [1.82, 2.24) is 5.32 Å². The fourth-order valence-corrected chi connectivity index (χ4v) is 5.52. The first kappa shape index (κ1) is 33.8. The highest BCUT2D eigenvalue weighted by molar-refractivity contribution is 9.10. The molecule has 4 aromatic rings. The molecule has 0 heterocycles. The molecule has 0 fully saturated rings. The van der Waals surface area contributed by atoms with Gasteiger partial charge < -0.3 is 16.0 Å². The smallest absolute Gasteiger partial charge is 0.325 e. The fourth-order valence-electron chi connectivity index (χ4n) is 4.07. The van der Waals surface area contributed by atoms with Crippen molar-refractivity contribution < 1.29 is 27.6 Å². The number of rotatable bonds is 10. The first-order valence-corrected chi connectivity index (χ1v) is 15.6. The van der Waals surface area contributed by atoms with Gasteiger partial charge in [-0.2, -0.15) is 13.2 Å². The Morgan fingerprint density at radius 3 is 2.29 bits per heavy atom. The monoisotopic (exact) mass is 715 g/mol. The Kier molecular flexibility index (Phi) is 11.5. The van der Waals surface area contributed by atoms with Crippen molar-refractivity contribution >= 4 is 74.5 Å². The zero-order valence-electron chi connectivity index (χ0n) is 23.6. The van der Waals surface area contributed by atoms with Crippen LogP contribution in [0, 0.1) is 0 Å². The van der Waals surface area contributed by atoms with Gasteiger partial charge in [0.1, 0.15) is 5.70 Å². The molecular formula is C33H26BrClF3N3O3S. The molecule has 0 spiro atoms. The SMILES string of the molecule is CCC(Sc1cccc(NC(=O)/C(=C/c2ccc(Br)cc2)NC(=O)c2ccccc2)c1)C(=O)Nc1ccc(Cl)cc1C(F)(F)F. The highest BCUT2D eigenvalue weighted by atomic mass is 79.9. The summed E-state index contributed by atoms with van der Waals surface area (Å²) in [6.07, 6.45) is -2.85. The van der Waals surface area contributed by atoms with Crippen molar-refractivity contribution in [3.63, 3.8) is 0 Å². The Labute approximate surface area is 275 Å². The topological polar surface area (TPSA) is 87.3 Å². The summed E-state index contributed by atoms with van der Waals surface area (Å²) in [5.74, 6) is -1.67. The third-order valence-electron chi connectivity index (χ3n) is 6.29. The van der Waals surface area contributed by atoms with Crippen LogP contribution in [0.5, 0.6) is 0 Å². The number of benzene rings is 4. The summed E-state index contributed by atoms with van der Waals surface area (Å²) in [5.41, 5.74) is -0.00670. The van der Waals surface area contributed by atoms with E-state index in [1.165, 1.54) is 6.07 Å². The summed E-state index contributed by atoms with van der Waals surface area (Å²) in [6.45, 7) is 1.74. The van der Waals surface area contributed by atoms with Crippen LogP contribution in [0.2, 0.25) is 5.02 Å². The summed E-state index contributed by atoms with van der Waals surface area (Å²) in [5, 5.41) is 6.99. The van der Waals surface area contributed by atoms with Crippen LogP contribution in [0.1, 0.15) is 34.8 Å². The van der Waals surface area contributed by atoms with Gasteiger partial charge in [0, 0.05) is 25.6 Å². The first-order valence-electron chi connectivity index (χ1n) is 13.5. The highest BCUT2D eigenvalue weighted by Crippen LogP contribution is 2.37. The molecule has 0 saturated heterocycles. The van der Waals surface area contributed by atoms with Crippen molar-refractivity contribution in [2.45, 2.75) is 29.7 Å². The molecule has 6 nitrogen and oxygen atoms in total. The minimum absolute atomic E-state index is 0.00141. The van der Waals surface area contributed by atoms with Crippen molar-refractivity contribution in [1.29, 1.82) is 0 Å². The molecule has 0 aliphatic carbocycles. The maximum absolute atomic E-state index is 13.5. The summed E-state index contributed by atoms with van der Waals surface area (Å²) in [7, 11) is 0. The van der Waals surface area contributed by atoms with Crippen molar-refractivity contribution in [3.05, 3.63) is 129 Å². The lowest BCUT2D eigenvalue weighted by atomic mass is 10.1. The van der Waals surface area contributed by atoms with Crippen LogP contribution in [0.3, 0.4) is 0 Å². The number of carbonyl (C=O) groups excluding carboxylic acids is 3. The molecule has 3 amide bonds. The number of halogens is 5. The number of hydrogen-bond acceptors (Lipinski definition) is 4. The van der Waals surface area contributed by atoms with Gasteiger partial charge in [-0.15, -0.1) is 11.8 Å². The van der Waals surface area contributed by atoms with E-state index in [4.69, 9.17) is 11.6 Å². The normalized spacial score (nSPS) is 12.3. The molecule has 4 aromatic carbocycles. The van der Waals surface area contributed by atoms with Crippen molar-refractivity contribution in [2.75, 3.05) is 10.6 Å². The Bertz CT molecular complexity index is 1720. The lowest BCUT2D eigenvalue weighted by Gasteiger charge is -2.18. The molecule has 0 saturated carbocycles. The number of nitrogens with one attached hydrogen (secondary N) is 3. The van der Waals surface area contributed by atoms with E-state index in [2.05, 4.69) is 31.9 Å². The van der Waals surface area contributed by atoms with Crippen LogP contribution in [0.25, 0.3) is 6.08 Å². The van der Waals surface area contributed by atoms with Crippen LogP contribution < -0.4 is 16.0 Å². The molecule has 0 aromatic heterocycles. The molecule has 1 atom stereocenters. The predicted octanol–water partition coefficient (Wildman–Crippen LogP) is 9.04. The van der Waals surface area contributed by atoms with Gasteiger partial charge in [-0.05, 0) is 78.7 Å². The summed E-state index contributed by atoms with van der Waals surface area (Å²) in [4.78, 5) is 39.9. The number of amides is 3. The standard InChI is InChI=1S/C33H26BrClF3N3O3S/c1-2-29(32(44)40-27-16-15-23(35)18-26(27)33(36,37)38)45-25-10-6-9-24(19-25)39-31(43)28(17-20-11-13-22(34)14-12-20)41-30(42)21-7-4-3-5-8-21/h3-19,29H,2H2,1H3,(H,39,43)(H,40,44)(H,41,42)/b28-17-. The maximum atomic E-state index is 13.5. The lowest BCUT2D eigenvalue weighted by molar-refractivity contribution is -0.137. The minimum atomic E-state index is -4.71. The van der Waals surface area contributed by atoms with E-state index in [1.807, 2.05) is 0 Å². The third kappa shape index (κ3) is 9.71. The first-order chi connectivity index (χ1) is 21.4. The van der Waals surface area contributed by atoms with E-state index in [1.54, 1.807) is 91.9 Å². The summed E-state index contributed by atoms with van der Waals surface area (Å²) >= 11 is 10.3. The third-order valence-corrected chi connectivity index (χ3v) is 8.41. The molecule has 0 aliphatic rings. The zero-order chi connectivity index (χ0) is 32.6. The lowest BCUT2D eigenvalue weighted by Crippen LogP contribution is -2.30. The van der Waals surface area contributed by atoms with Crippen LogP contribution in [-0.2, 0) is 15.8 Å². The van der Waals surface area contributed by atoms with Gasteiger partial charge in [-0.1, -0.05) is 70.9 Å². The van der Waals surface area contributed by atoms with Gasteiger partial charge in [0.05, 0.1) is 16.5 Å². The number of carbonyl (C=O) groups is 3. The van der Waals surface area contributed by atoms with E-state index in [9.17, 15) is 27.6 Å². The molecule has 0 radical (unpaired) electrons. The molecule has 0 aliphatic heterocycles. The maximum Gasteiger partial charge on any atom is 0.418 e. The molecule has 4 rings (SSSR count). The van der Waals surface area contributed by atoms with Crippen LogP contribution in [0.15, 0.2) is 112 Å². The molecule has 45 heavy (non-hydrogen) atoms. The van der Waals surface area contributed by atoms with Crippen molar-refractivity contribution in [2.24, 2.45) is 0 Å². The Balaban J connectivity index is 1.51. The second kappa shape index (κ2) is 15.3. The molecule has 3 N–H and O–H groups in total. The number of anilines is 2. The average molecular weight is 717 g/mol. The van der Waals surface area contributed by atoms with Gasteiger partial charge >= 0.3 is 6.18 Å². The summed E-state index contributed by atoms with van der Waals surface area (Å²) in [6, 6.07) is 25.4. The summed E-state index contributed by atoms with van der Waals surface area (Å²) < 4.78 is 41.4. The average Bonchev–Trinajstić information content (AvgIpc) is 3.01. The molecule has 232 valence electrons. The molecular weight excluding hydrogens is 691 g/mol. The van der Waals surface area contributed by atoms with Gasteiger partial charge in [0.15, 0.2) is 0 Å². The van der Waals surface area contributed by atoms with Crippen LogP contribution >= 0.6 is 39.3 Å². The quantitative estimate of drug-likeness (QED) is 0.113. The van der Waals surface area contributed by atoms with E-state index >= 15 is 0 Å². The number of hydrogen-bond donors (Lipinski definition) is 3. The Morgan fingerprint density at radius 1 is 0.911 bits per heavy atom. The number of thioether (sulfide) groups is 1. The van der Waals surface area contributed by atoms with E-state index in [0.717, 1.165) is 28.4 Å². The number of alkyl halides is 3. The molecule has 12 heteroatoms. The van der Waals surface area contributed by atoms with Gasteiger partial charge in [0.2, 0.25) is 5.91 Å². The fraction of sp³-hybridized carbons (Fsp3) is 0.121.